The number of guanidine groups is 1. The van der Waals surface area contributed by atoms with E-state index < -0.39 is 0 Å². The standard InChI is InChI=1S/C19H38N4O2/c1-6-25-17(15(2)3)10-12-21-19(20-5)22-13-11-18(24)23-14-8-7-9-16(23)4/h15-17H,6-14H2,1-5H3,(H2,20,21,22). The molecule has 2 unspecified atom stereocenters. The van der Waals surface area contributed by atoms with Crippen LogP contribution in [0.4, 0.5) is 0 Å². The van der Waals surface area contributed by atoms with Crippen molar-refractivity contribution in [3.63, 3.8) is 0 Å². The number of ether oxygens (including phenoxy) is 1. The van der Waals surface area contributed by atoms with E-state index in [9.17, 15) is 4.79 Å². The Kier molecular flexibility index (Phi) is 10.5. The van der Waals surface area contributed by atoms with Crippen LogP contribution in [0.5, 0.6) is 0 Å². The number of likely N-dealkylation sites (tertiary alicyclic amines) is 1. The normalized spacial score (nSPS) is 19.8. The number of hydrogen-bond donors (Lipinski definition) is 2. The van der Waals surface area contributed by atoms with Gasteiger partial charge in [0.1, 0.15) is 0 Å². The summed E-state index contributed by atoms with van der Waals surface area (Å²) in [6, 6.07) is 0.380. The molecule has 1 heterocycles. The van der Waals surface area contributed by atoms with Gasteiger partial charge in [-0.15, -0.1) is 0 Å². The van der Waals surface area contributed by atoms with E-state index in [1.165, 1.54) is 6.42 Å². The Morgan fingerprint density at radius 2 is 2.00 bits per heavy atom. The van der Waals surface area contributed by atoms with Gasteiger partial charge < -0.3 is 20.3 Å². The largest absolute Gasteiger partial charge is 0.378 e. The molecule has 1 fully saturated rings. The predicted molar refractivity (Wildman–Crippen MR) is 104 cm³/mol. The molecule has 0 radical (unpaired) electrons. The average Bonchev–Trinajstić information content (AvgIpc) is 2.59. The Labute approximate surface area is 153 Å². The van der Waals surface area contributed by atoms with Crippen LogP contribution in [0.1, 0.15) is 59.8 Å². The van der Waals surface area contributed by atoms with Gasteiger partial charge in [-0.1, -0.05) is 13.8 Å². The van der Waals surface area contributed by atoms with Crippen LogP contribution in [0.15, 0.2) is 4.99 Å². The SMILES string of the molecule is CCOC(CCNC(=NC)NCCC(=O)N1CCCCC1C)C(C)C. The lowest BCUT2D eigenvalue weighted by molar-refractivity contribution is -0.134. The van der Waals surface area contributed by atoms with Gasteiger partial charge in [0.15, 0.2) is 5.96 Å². The molecule has 1 rings (SSSR count). The summed E-state index contributed by atoms with van der Waals surface area (Å²) in [6.07, 6.45) is 5.20. The first kappa shape index (κ1) is 21.7. The van der Waals surface area contributed by atoms with E-state index in [1.807, 2.05) is 11.8 Å². The molecular weight excluding hydrogens is 316 g/mol. The highest BCUT2D eigenvalue weighted by Gasteiger charge is 2.22. The number of amides is 1. The van der Waals surface area contributed by atoms with Crippen molar-refractivity contribution in [2.75, 3.05) is 33.3 Å². The molecule has 2 N–H and O–H groups in total. The minimum absolute atomic E-state index is 0.242. The van der Waals surface area contributed by atoms with Gasteiger partial charge in [-0.3, -0.25) is 9.79 Å². The molecule has 0 bridgehead atoms. The molecule has 1 saturated heterocycles. The molecular formula is C19H38N4O2. The second-order valence-corrected chi connectivity index (χ2v) is 7.13. The molecule has 6 heteroatoms. The first-order valence-corrected chi connectivity index (χ1v) is 9.85. The maximum absolute atomic E-state index is 12.3. The number of aliphatic imine (C=N–C) groups is 1. The van der Waals surface area contributed by atoms with E-state index >= 15 is 0 Å². The monoisotopic (exact) mass is 354 g/mol. The van der Waals surface area contributed by atoms with E-state index in [2.05, 4.69) is 36.4 Å². The Bertz CT molecular complexity index is 412. The first-order chi connectivity index (χ1) is 12.0. The molecule has 1 amide bonds. The second kappa shape index (κ2) is 12.1. The zero-order valence-electron chi connectivity index (χ0n) is 16.8. The maximum atomic E-state index is 12.3. The molecule has 1 aliphatic rings. The van der Waals surface area contributed by atoms with Crippen LogP contribution in [0.25, 0.3) is 0 Å². The number of nitrogens with zero attached hydrogens (tertiary/aromatic N) is 2. The Morgan fingerprint density at radius 3 is 2.60 bits per heavy atom. The van der Waals surface area contributed by atoms with E-state index in [1.54, 1.807) is 7.05 Å². The second-order valence-electron chi connectivity index (χ2n) is 7.13. The quantitative estimate of drug-likeness (QED) is 0.493. The van der Waals surface area contributed by atoms with Gasteiger partial charge >= 0.3 is 0 Å². The Balaban J connectivity index is 2.26. The van der Waals surface area contributed by atoms with Crippen molar-refractivity contribution >= 4 is 11.9 Å². The van der Waals surface area contributed by atoms with Crippen LogP contribution in [-0.4, -0.2) is 62.2 Å². The van der Waals surface area contributed by atoms with E-state index in [-0.39, 0.29) is 12.0 Å². The summed E-state index contributed by atoms with van der Waals surface area (Å²) in [7, 11) is 1.76. The molecule has 1 aliphatic heterocycles. The first-order valence-electron chi connectivity index (χ1n) is 9.85. The maximum Gasteiger partial charge on any atom is 0.224 e. The predicted octanol–water partition coefficient (Wildman–Crippen LogP) is 2.39. The fraction of sp³-hybridized carbons (Fsp3) is 0.895. The van der Waals surface area contributed by atoms with Crippen LogP contribution >= 0.6 is 0 Å². The smallest absolute Gasteiger partial charge is 0.224 e. The molecule has 2 atom stereocenters. The number of rotatable bonds is 9. The molecule has 146 valence electrons. The molecule has 25 heavy (non-hydrogen) atoms. The van der Waals surface area contributed by atoms with Gasteiger partial charge in [-0.2, -0.15) is 0 Å². The van der Waals surface area contributed by atoms with Gasteiger partial charge in [0.05, 0.1) is 6.10 Å². The van der Waals surface area contributed by atoms with Crippen molar-refractivity contribution in [1.82, 2.24) is 15.5 Å². The van der Waals surface area contributed by atoms with E-state index in [0.29, 0.717) is 24.9 Å². The summed E-state index contributed by atoms with van der Waals surface area (Å²) >= 11 is 0. The summed E-state index contributed by atoms with van der Waals surface area (Å²) in [6.45, 7) is 11.6. The van der Waals surface area contributed by atoms with Crippen LogP contribution in [0.2, 0.25) is 0 Å². The van der Waals surface area contributed by atoms with Crippen LogP contribution in [0.3, 0.4) is 0 Å². The van der Waals surface area contributed by atoms with Crippen molar-refractivity contribution < 1.29 is 9.53 Å². The molecule has 0 spiro atoms. The third-order valence-electron chi connectivity index (χ3n) is 4.82. The minimum Gasteiger partial charge on any atom is -0.378 e. The number of carbonyl (C=O) groups excluding carboxylic acids is 1. The third kappa shape index (κ3) is 8.08. The summed E-state index contributed by atoms with van der Waals surface area (Å²) in [5, 5.41) is 6.55. The topological polar surface area (TPSA) is 66.0 Å². The van der Waals surface area contributed by atoms with Crippen molar-refractivity contribution in [2.24, 2.45) is 10.9 Å². The summed E-state index contributed by atoms with van der Waals surface area (Å²) < 4.78 is 5.76. The minimum atomic E-state index is 0.242. The third-order valence-corrected chi connectivity index (χ3v) is 4.82. The molecule has 0 aromatic heterocycles. The van der Waals surface area contributed by atoms with Crippen molar-refractivity contribution in [2.45, 2.75) is 71.9 Å². The van der Waals surface area contributed by atoms with Crippen molar-refractivity contribution in [3.8, 4) is 0 Å². The molecule has 0 aliphatic carbocycles. The van der Waals surface area contributed by atoms with Crippen LogP contribution < -0.4 is 10.6 Å². The molecule has 6 nitrogen and oxygen atoms in total. The van der Waals surface area contributed by atoms with Crippen LogP contribution in [0, 0.1) is 5.92 Å². The highest BCUT2D eigenvalue weighted by molar-refractivity contribution is 5.81. The van der Waals surface area contributed by atoms with Crippen molar-refractivity contribution in [1.29, 1.82) is 0 Å². The lowest BCUT2D eigenvalue weighted by Gasteiger charge is -2.33. The average molecular weight is 355 g/mol. The molecule has 0 aromatic carbocycles. The van der Waals surface area contributed by atoms with Gasteiger partial charge in [0.25, 0.3) is 0 Å². The number of piperidine rings is 1. The number of hydrogen-bond acceptors (Lipinski definition) is 3. The number of carbonyl (C=O) groups is 1. The van der Waals surface area contributed by atoms with Crippen molar-refractivity contribution in [3.05, 3.63) is 0 Å². The molecule has 0 saturated carbocycles. The Hall–Kier alpha value is -1.30. The zero-order valence-corrected chi connectivity index (χ0v) is 16.8. The fourth-order valence-corrected chi connectivity index (χ4v) is 3.28. The summed E-state index contributed by atoms with van der Waals surface area (Å²) in [5.74, 6) is 1.49. The molecule has 0 aromatic rings. The summed E-state index contributed by atoms with van der Waals surface area (Å²) in [5.41, 5.74) is 0. The highest BCUT2D eigenvalue weighted by atomic mass is 16.5. The lowest BCUT2D eigenvalue weighted by Crippen LogP contribution is -2.44. The van der Waals surface area contributed by atoms with E-state index in [4.69, 9.17) is 4.74 Å². The van der Waals surface area contributed by atoms with Crippen LogP contribution in [-0.2, 0) is 9.53 Å². The summed E-state index contributed by atoms with van der Waals surface area (Å²) in [4.78, 5) is 18.6. The number of nitrogens with one attached hydrogen (secondary N) is 2. The van der Waals surface area contributed by atoms with E-state index in [0.717, 1.165) is 44.9 Å². The fourth-order valence-electron chi connectivity index (χ4n) is 3.28. The lowest BCUT2D eigenvalue weighted by atomic mass is 10.0. The van der Waals surface area contributed by atoms with Gasteiger partial charge in [0.2, 0.25) is 5.91 Å². The zero-order chi connectivity index (χ0) is 18.7. The Morgan fingerprint density at radius 1 is 1.28 bits per heavy atom. The van der Waals surface area contributed by atoms with Gasteiger partial charge in [-0.25, -0.2) is 0 Å². The highest BCUT2D eigenvalue weighted by Crippen LogP contribution is 2.17. The van der Waals surface area contributed by atoms with Gasteiger partial charge in [-0.05, 0) is 45.4 Å². The van der Waals surface area contributed by atoms with Gasteiger partial charge in [0, 0.05) is 45.8 Å².